The maximum absolute atomic E-state index is 10.0. The number of allylic oxidation sites excluding steroid dienone is 4. The van der Waals surface area contributed by atoms with Gasteiger partial charge in [-0.2, -0.15) is 0 Å². The number of fused-ring (bicyclic) bond motifs is 16. The van der Waals surface area contributed by atoms with E-state index in [0.717, 1.165) is 45.0 Å². The molecule has 126 heavy (non-hydrogen) atoms. The first-order valence-electron chi connectivity index (χ1n) is 38.4. The number of carbonyl (C=O) groups is 2. The summed E-state index contributed by atoms with van der Waals surface area (Å²) >= 11 is 2.24. The van der Waals surface area contributed by atoms with E-state index in [0.29, 0.717) is 59.8 Å². The van der Waals surface area contributed by atoms with E-state index in [2.05, 4.69) is 292 Å². The van der Waals surface area contributed by atoms with Gasteiger partial charge >= 0.3 is 685 Å². The number of nitrogens with zero attached hydrogens (tertiary/aromatic N) is 10. The quantitative estimate of drug-likeness (QED) is 0.0800. The van der Waals surface area contributed by atoms with E-state index in [-0.39, 0.29) is 163 Å². The van der Waals surface area contributed by atoms with Crippen LogP contribution in [-0.2, 0) is 90.0 Å². The van der Waals surface area contributed by atoms with Gasteiger partial charge in [-0.15, -0.1) is 0 Å². The van der Waals surface area contributed by atoms with E-state index in [9.17, 15) is 9.59 Å². The number of rotatable bonds is 6. The van der Waals surface area contributed by atoms with Gasteiger partial charge in [0.1, 0.15) is 0 Å². The molecule has 0 spiro atoms. The Morgan fingerprint density at radius 1 is 0.302 bits per heavy atom. The van der Waals surface area contributed by atoms with Crippen molar-refractivity contribution in [1.82, 2.24) is 39.9 Å². The van der Waals surface area contributed by atoms with Crippen LogP contribution in [0.2, 0.25) is 0 Å². The molecule has 2 atom stereocenters. The van der Waals surface area contributed by atoms with E-state index >= 15 is 0 Å². The summed E-state index contributed by atoms with van der Waals surface area (Å²) < 4.78 is 23.0. The molecule has 16 aromatic rings. The number of carbonyl (C=O) groups excluding carboxylic acids is 2. The Bertz CT molecular complexity index is 5810. The molecular formula is C98H64Ir4N10O4P2Se8-4. The first-order chi connectivity index (χ1) is 59.8. The summed E-state index contributed by atoms with van der Waals surface area (Å²) in [5.41, 5.74) is 15.9. The number of ketones is 2. The number of hydrogen-bond donors (Lipinski definition) is 2. The molecule has 2 unspecified atom stereocenters. The van der Waals surface area contributed by atoms with Gasteiger partial charge in [-0.05, 0) is 27.7 Å². The minimum atomic E-state index is -0.468. The first-order valence-corrected chi connectivity index (χ1v) is 54.8. The van der Waals surface area contributed by atoms with Gasteiger partial charge in [-0.1, -0.05) is 0 Å². The van der Waals surface area contributed by atoms with Gasteiger partial charge in [-0.3, -0.25) is 9.59 Å². The Morgan fingerprint density at radius 3 is 0.810 bits per heavy atom. The molecule has 628 valence electrons. The van der Waals surface area contributed by atoms with Gasteiger partial charge in [0, 0.05) is 92.6 Å². The third-order valence-electron chi connectivity index (χ3n) is 19.5. The van der Waals surface area contributed by atoms with Crippen molar-refractivity contribution in [2.45, 2.75) is 27.7 Å². The first kappa shape index (κ1) is 93.3. The van der Waals surface area contributed by atoms with E-state index < -0.39 is 15.8 Å². The van der Waals surface area contributed by atoms with Gasteiger partial charge in [0.05, 0.1) is 11.5 Å². The van der Waals surface area contributed by atoms with Crippen LogP contribution < -0.4 is 113 Å². The monoisotopic (exact) mass is 2920 g/mol. The van der Waals surface area contributed by atoms with Crippen LogP contribution in [0.25, 0.3) is 45.0 Å². The molecule has 28 heteroatoms. The SMILES string of the molecule is CC(=O)C=C(C)O.CC(=O)C=C(C)O.[Ir].[Ir].[Ir].[Ir].[c-]1c(-c2cnccn2)cc2c3c1[Se]c1ccccc1N3c1ccccc1[Se]2.[c-]1c(-c2cnccn2)cc2c3c1[Se]c1ccccc1N3c1ccccc1[Se]2.[c-]1c(-c2cnccn2)cc2c3c1[Se]c1ccccc1P3c1ccccc1[Se]2.[c-]1c(-c2cnccn2)cc2c3c1[Se]c1ccccc1P3c1ccccc1[Se]2. The van der Waals surface area contributed by atoms with Crippen LogP contribution in [0, 0.1) is 24.3 Å². The van der Waals surface area contributed by atoms with Gasteiger partial charge in [0.2, 0.25) is 0 Å². The Labute approximate surface area is 837 Å². The summed E-state index contributed by atoms with van der Waals surface area (Å²) in [6, 6.07) is 95.4. The predicted molar refractivity (Wildman–Crippen MR) is 506 cm³/mol. The second-order valence-corrected chi connectivity index (χ2v) is 50.0. The van der Waals surface area contributed by atoms with Crippen LogP contribution >= 0.6 is 15.8 Å². The summed E-state index contributed by atoms with van der Waals surface area (Å²) in [5.74, 6) is -0.125. The van der Waals surface area contributed by atoms with E-state index in [4.69, 9.17) is 10.2 Å². The summed E-state index contributed by atoms with van der Waals surface area (Å²) in [6.45, 7) is 5.70. The second kappa shape index (κ2) is 42.2. The van der Waals surface area contributed by atoms with Crippen LogP contribution in [0.4, 0.5) is 34.1 Å². The third kappa shape index (κ3) is 19.8. The fourth-order valence-corrected chi connectivity index (χ4v) is 44.1. The van der Waals surface area contributed by atoms with Crippen LogP contribution in [-0.4, -0.2) is 181 Å². The average molecular weight is 2910 g/mol. The number of hydrogen-bond acceptors (Lipinski definition) is 14. The number of aromatic nitrogens is 8. The van der Waals surface area contributed by atoms with Gasteiger partial charge in [-0.25, -0.2) is 0 Å². The summed E-state index contributed by atoms with van der Waals surface area (Å²) in [6.07, 6.45) is 23.6. The molecule has 0 bridgehead atoms. The van der Waals surface area contributed by atoms with Gasteiger partial charge in [0.15, 0.2) is 11.6 Å². The Kier molecular flexibility index (Phi) is 31.3. The molecule has 14 nitrogen and oxygen atoms in total. The standard InChI is InChI=1S/2C22H12N3Se2.2C22H12N2PSe2.2C5H8O2.4Ir/c4*1-3-7-18-16(5-1)25-17-6-2-4-8-19(17)27-21-12-14(11-20(26-18)22(21)25)15-13-23-9-10-24-15;2*1-4(6)3-5(2)7;;;;/h4*1-11,13H;2*3,6H,1-2H3;;;;/q4*-1;;;;;;. The number of benzene rings is 12. The molecule has 4 radical (unpaired) electrons. The summed E-state index contributed by atoms with van der Waals surface area (Å²) in [4.78, 5) is 60.0. The van der Waals surface area contributed by atoms with Crippen LogP contribution in [0.1, 0.15) is 27.7 Å². The molecule has 0 amide bonds. The summed E-state index contributed by atoms with van der Waals surface area (Å²) in [7, 11) is -0.937. The normalized spacial score (nSPS) is 14.0. The molecule has 0 saturated carbocycles. The number of para-hydroxylation sites is 4. The van der Waals surface area contributed by atoms with E-state index in [1.807, 2.05) is 24.8 Å². The van der Waals surface area contributed by atoms with Crippen molar-refractivity contribution in [1.29, 1.82) is 0 Å². The molecule has 12 heterocycles. The zero-order valence-electron chi connectivity index (χ0n) is 66.5. The summed E-state index contributed by atoms with van der Waals surface area (Å²) in [5, 5.41) is 26.1. The number of aliphatic hydroxyl groups excluding tert-OH is 2. The van der Waals surface area contributed by atoms with Gasteiger partial charge in [0.25, 0.3) is 0 Å². The molecule has 8 aliphatic rings. The molecule has 2 N–H and O–H groups in total. The van der Waals surface area contributed by atoms with Crippen molar-refractivity contribution in [3.05, 3.63) is 341 Å². The number of anilines is 6. The molecule has 0 aliphatic carbocycles. The van der Waals surface area contributed by atoms with Crippen molar-refractivity contribution in [3.8, 4) is 45.0 Å². The number of aliphatic hydroxyl groups is 2. The molecule has 8 aliphatic heterocycles. The van der Waals surface area contributed by atoms with E-state index in [1.54, 1.807) is 81.4 Å². The van der Waals surface area contributed by atoms with Crippen molar-refractivity contribution in [2.75, 3.05) is 9.80 Å². The molecular weight excluding hydrogens is 2840 g/mol. The molecule has 0 saturated heterocycles. The van der Waals surface area contributed by atoms with Crippen molar-refractivity contribution in [2.24, 2.45) is 0 Å². The predicted octanol–water partition coefficient (Wildman–Crippen LogP) is 4.04. The Morgan fingerprint density at radius 2 is 0.540 bits per heavy atom. The Hall–Kier alpha value is -7.41. The average Bonchev–Trinajstić information content (AvgIpc) is 0.741. The molecule has 4 aromatic heterocycles. The van der Waals surface area contributed by atoms with Crippen LogP contribution in [0.15, 0.2) is 316 Å². The van der Waals surface area contributed by atoms with Crippen molar-refractivity contribution >= 4 is 284 Å². The third-order valence-corrected chi connectivity index (χ3v) is 45.9. The van der Waals surface area contributed by atoms with Crippen molar-refractivity contribution in [3.63, 3.8) is 0 Å². The van der Waals surface area contributed by atoms with Crippen molar-refractivity contribution < 1.29 is 100 Å². The topological polar surface area (TPSA) is 184 Å². The fraction of sp³-hybridized carbons (Fsp3) is 0.0408. The van der Waals surface area contributed by atoms with Crippen LogP contribution in [0.3, 0.4) is 0 Å². The van der Waals surface area contributed by atoms with Gasteiger partial charge < -0.3 is 10.2 Å². The molecule has 24 rings (SSSR count). The van der Waals surface area contributed by atoms with Crippen LogP contribution in [0.5, 0.6) is 0 Å². The molecule has 0 fully saturated rings. The molecule has 12 aromatic carbocycles. The maximum atomic E-state index is 10.0. The Balaban J connectivity index is 0.000000122. The zero-order chi connectivity index (χ0) is 82.9. The fourth-order valence-electron chi connectivity index (χ4n) is 14.7. The van der Waals surface area contributed by atoms with E-state index in [1.165, 1.54) is 145 Å². The second-order valence-electron chi connectivity index (χ2n) is 28.0. The minimum absolute atomic E-state index is 0. The zero-order valence-corrected chi connectivity index (χ0v) is 91.6.